The van der Waals surface area contributed by atoms with E-state index in [1.807, 2.05) is 0 Å². The zero-order valence-corrected chi connectivity index (χ0v) is 12.1. The fourth-order valence-electron chi connectivity index (χ4n) is 1.74. The van der Waals surface area contributed by atoms with Gasteiger partial charge in [-0.2, -0.15) is 13.2 Å². The van der Waals surface area contributed by atoms with E-state index < -0.39 is 42.2 Å². The predicted molar refractivity (Wildman–Crippen MR) is 72.9 cm³/mol. The summed E-state index contributed by atoms with van der Waals surface area (Å²) in [7, 11) is 0. The summed E-state index contributed by atoms with van der Waals surface area (Å²) in [6.45, 7) is 0.489. The van der Waals surface area contributed by atoms with Gasteiger partial charge in [0.1, 0.15) is 6.04 Å². The van der Waals surface area contributed by atoms with Crippen LogP contribution in [0.4, 0.5) is 13.2 Å². The monoisotopic (exact) mass is 332 g/mol. The summed E-state index contributed by atoms with van der Waals surface area (Å²) >= 11 is 0. The third kappa shape index (κ3) is 6.37. The van der Waals surface area contributed by atoms with Crippen molar-refractivity contribution in [3.05, 3.63) is 35.4 Å². The number of nitrogens with two attached hydrogens (primary N) is 1. The SMILES string of the molecule is CC(=O)OCC(=O)N[C@H](Cc1cccc(C(F)(F)F)c1)C(N)=O. The van der Waals surface area contributed by atoms with Crippen LogP contribution < -0.4 is 11.1 Å². The Morgan fingerprint density at radius 3 is 2.48 bits per heavy atom. The Morgan fingerprint density at radius 2 is 1.96 bits per heavy atom. The van der Waals surface area contributed by atoms with Gasteiger partial charge in [-0.1, -0.05) is 18.2 Å². The summed E-state index contributed by atoms with van der Waals surface area (Å²) in [6.07, 6.45) is -4.73. The van der Waals surface area contributed by atoms with Gasteiger partial charge in [0, 0.05) is 13.3 Å². The van der Waals surface area contributed by atoms with Crippen molar-refractivity contribution in [3.8, 4) is 0 Å². The highest BCUT2D eigenvalue weighted by Gasteiger charge is 2.30. The van der Waals surface area contributed by atoms with E-state index >= 15 is 0 Å². The molecule has 23 heavy (non-hydrogen) atoms. The van der Waals surface area contributed by atoms with Gasteiger partial charge in [-0.3, -0.25) is 14.4 Å². The number of alkyl halides is 3. The van der Waals surface area contributed by atoms with Crippen molar-refractivity contribution in [3.63, 3.8) is 0 Å². The van der Waals surface area contributed by atoms with Crippen molar-refractivity contribution in [1.82, 2.24) is 5.32 Å². The van der Waals surface area contributed by atoms with Crippen LogP contribution in [0.25, 0.3) is 0 Å². The zero-order valence-electron chi connectivity index (χ0n) is 12.1. The van der Waals surface area contributed by atoms with Crippen LogP contribution in [0.15, 0.2) is 24.3 Å². The van der Waals surface area contributed by atoms with Crippen molar-refractivity contribution in [2.45, 2.75) is 25.6 Å². The zero-order chi connectivity index (χ0) is 17.6. The van der Waals surface area contributed by atoms with Crippen LogP contribution in [-0.4, -0.2) is 30.4 Å². The van der Waals surface area contributed by atoms with E-state index in [0.29, 0.717) is 0 Å². The number of nitrogens with one attached hydrogen (secondary N) is 1. The van der Waals surface area contributed by atoms with Gasteiger partial charge < -0.3 is 15.8 Å². The first-order chi connectivity index (χ1) is 10.6. The van der Waals surface area contributed by atoms with Gasteiger partial charge in [-0.15, -0.1) is 0 Å². The van der Waals surface area contributed by atoms with Crippen LogP contribution in [0.3, 0.4) is 0 Å². The molecule has 9 heteroatoms. The average molecular weight is 332 g/mol. The number of ether oxygens (including phenoxy) is 1. The average Bonchev–Trinajstić information content (AvgIpc) is 2.43. The second-order valence-corrected chi connectivity index (χ2v) is 4.70. The van der Waals surface area contributed by atoms with E-state index in [2.05, 4.69) is 10.1 Å². The van der Waals surface area contributed by atoms with Gasteiger partial charge in [-0.25, -0.2) is 0 Å². The first kappa shape index (κ1) is 18.5. The van der Waals surface area contributed by atoms with E-state index in [-0.39, 0.29) is 12.0 Å². The highest BCUT2D eigenvalue weighted by Crippen LogP contribution is 2.29. The Kier molecular flexibility index (Phi) is 6.11. The fourth-order valence-corrected chi connectivity index (χ4v) is 1.74. The Hall–Kier alpha value is -2.58. The molecule has 0 radical (unpaired) electrons. The topological polar surface area (TPSA) is 98.5 Å². The molecule has 0 fully saturated rings. The highest BCUT2D eigenvalue weighted by atomic mass is 19.4. The second-order valence-electron chi connectivity index (χ2n) is 4.70. The number of carbonyl (C=O) groups excluding carboxylic acids is 3. The predicted octanol–water partition coefficient (Wildman–Crippen LogP) is 0.781. The standard InChI is InChI=1S/C14H15F3N2O4/c1-8(20)23-7-12(21)19-11(13(18)22)6-9-3-2-4-10(5-9)14(15,16)17/h2-5,11H,6-7H2,1H3,(H2,18,22)(H,19,21)/t11-/m1/s1. The van der Waals surface area contributed by atoms with Crippen LogP contribution in [0.2, 0.25) is 0 Å². The molecular weight excluding hydrogens is 317 g/mol. The van der Waals surface area contributed by atoms with E-state index in [9.17, 15) is 27.6 Å². The molecule has 0 aliphatic rings. The van der Waals surface area contributed by atoms with Gasteiger partial charge in [-0.05, 0) is 11.6 Å². The Bertz CT molecular complexity index is 602. The van der Waals surface area contributed by atoms with Crippen molar-refractivity contribution in [2.24, 2.45) is 5.73 Å². The molecule has 0 heterocycles. The minimum atomic E-state index is -4.52. The highest BCUT2D eigenvalue weighted by molar-refractivity contribution is 5.88. The molecule has 6 nitrogen and oxygen atoms in total. The minimum Gasteiger partial charge on any atom is -0.456 e. The van der Waals surface area contributed by atoms with Crippen molar-refractivity contribution in [2.75, 3.05) is 6.61 Å². The second kappa shape index (κ2) is 7.61. The summed E-state index contributed by atoms with van der Waals surface area (Å²) < 4.78 is 42.4. The molecule has 0 bridgehead atoms. The van der Waals surface area contributed by atoms with E-state index in [1.54, 1.807) is 0 Å². The van der Waals surface area contributed by atoms with Crippen LogP contribution in [0.5, 0.6) is 0 Å². The normalized spacial score (nSPS) is 12.3. The van der Waals surface area contributed by atoms with Crippen molar-refractivity contribution >= 4 is 17.8 Å². The molecule has 1 atom stereocenters. The first-order valence-corrected chi connectivity index (χ1v) is 6.47. The molecule has 0 saturated carbocycles. The van der Waals surface area contributed by atoms with E-state index in [0.717, 1.165) is 19.1 Å². The molecule has 0 saturated heterocycles. The largest absolute Gasteiger partial charge is 0.456 e. The number of amides is 2. The molecule has 0 unspecified atom stereocenters. The molecule has 0 aromatic heterocycles. The van der Waals surface area contributed by atoms with Gasteiger partial charge in [0.05, 0.1) is 5.56 Å². The van der Waals surface area contributed by atoms with Crippen LogP contribution in [0.1, 0.15) is 18.1 Å². The lowest BCUT2D eigenvalue weighted by Gasteiger charge is -2.16. The molecule has 0 aliphatic heterocycles. The number of benzene rings is 1. The van der Waals surface area contributed by atoms with E-state index in [4.69, 9.17) is 5.73 Å². The van der Waals surface area contributed by atoms with Crippen molar-refractivity contribution in [1.29, 1.82) is 0 Å². The van der Waals surface area contributed by atoms with Gasteiger partial charge in [0.15, 0.2) is 6.61 Å². The maximum Gasteiger partial charge on any atom is 0.416 e. The smallest absolute Gasteiger partial charge is 0.416 e. The van der Waals surface area contributed by atoms with Crippen molar-refractivity contribution < 1.29 is 32.3 Å². The van der Waals surface area contributed by atoms with Gasteiger partial charge >= 0.3 is 12.1 Å². The summed E-state index contributed by atoms with van der Waals surface area (Å²) in [4.78, 5) is 33.4. The molecule has 2 amide bonds. The number of primary amides is 1. The van der Waals surface area contributed by atoms with Gasteiger partial charge in [0.25, 0.3) is 5.91 Å². The maximum absolute atomic E-state index is 12.6. The first-order valence-electron chi connectivity index (χ1n) is 6.47. The lowest BCUT2D eigenvalue weighted by molar-refractivity contribution is -0.146. The van der Waals surface area contributed by atoms with Crippen LogP contribution in [0, 0.1) is 0 Å². The third-order valence-electron chi connectivity index (χ3n) is 2.78. The lowest BCUT2D eigenvalue weighted by Crippen LogP contribution is -2.47. The summed E-state index contributed by atoms with van der Waals surface area (Å²) in [5.74, 6) is -2.39. The third-order valence-corrected chi connectivity index (χ3v) is 2.78. The van der Waals surface area contributed by atoms with Crippen LogP contribution >= 0.6 is 0 Å². The number of halogens is 3. The number of esters is 1. The Morgan fingerprint density at radius 1 is 1.30 bits per heavy atom. The summed E-state index contributed by atoms with van der Waals surface area (Å²) in [5.41, 5.74) is 4.44. The van der Waals surface area contributed by atoms with Gasteiger partial charge in [0.2, 0.25) is 5.91 Å². The quantitative estimate of drug-likeness (QED) is 0.752. The fraction of sp³-hybridized carbons (Fsp3) is 0.357. The molecule has 0 aliphatic carbocycles. The molecule has 1 aromatic carbocycles. The number of carbonyl (C=O) groups is 3. The number of hydrogen-bond acceptors (Lipinski definition) is 4. The number of hydrogen-bond donors (Lipinski definition) is 2. The van der Waals surface area contributed by atoms with Crippen LogP contribution in [-0.2, 0) is 31.7 Å². The Labute approximate surface area is 129 Å². The molecule has 3 N–H and O–H groups in total. The molecule has 1 aromatic rings. The summed E-state index contributed by atoms with van der Waals surface area (Å²) in [5, 5.41) is 2.21. The lowest BCUT2D eigenvalue weighted by atomic mass is 10.0. The molecule has 1 rings (SSSR count). The molecule has 0 spiro atoms. The molecular formula is C14H15F3N2O4. The maximum atomic E-state index is 12.6. The summed E-state index contributed by atoms with van der Waals surface area (Å²) in [6, 6.07) is 3.11. The number of rotatable bonds is 6. The molecule has 126 valence electrons. The van der Waals surface area contributed by atoms with E-state index in [1.165, 1.54) is 12.1 Å². The minimum absolute atomic E-state index is 0.177. The Balaban J connectivity index is 2.79.